The second-order valence-corrected chi connectivity index (χ2v) is 11.4. The summed E-state index contributed by atoms with van der Waals surface area (Å²) in [4.78, 5) is 45.3. The zero-order chi connectivity index (χ0) is 26.0. The summed E-state index contributed by atoms with van der Waals surface area (Å²) < 4.78 is 5.40. The molecule has 0 unspecified atom stereocenters. The van der Waals surface area contributed by atoms with Crippen molar-refractivity contribution in [1.82, 2.24) is 15.1 Å². The van der Waals surface area contributed by atoms with Gasteiger partial charge in [-0.15, -0.1) is 0 Å². The van der Waals surface area contributed by atoms with Gasteiger partial charge in [-0.2, -0.15) is 0 Å². The molecular weight excluding hydrogens is 460 g/mol. The molecule has 0 aromatic heterocycles. The Hall–Kier alpha value is -2.49. The number of Topliss-reactive ketones (excluding diaryl/α,β-unsaturated/α-hetero) is 1. The van der Waals surface area contributed by atoms with Gasteiger partial charge in [0.1, 0.15) is 30.9 Å². The van der Waals surface area contributed by atoms with Crippen molar-refractivity contribution in [2.45, 2.75) is 64.8 Å². The number of nitrogens with one attached hydrogen (secondary N) is 1. The Morgan fingerprint density at radius 3 is 2.42 bits per heavy atom. The summed E-state index contributed by atoms with van der Waals surface area (Å²) in [5.74, 6) is -0.899. The summed E-state index contributed by atoms with van der Waals surface area (Å²) in [5, 5.41) is 13.2. The molecule has 0 spiro atoms. The molecule has 198 valence electrons. The second-order valence-electron chi connectivity index (χ2n) is 11.4. The number of anilines is 1. The normalized spacial score (nSPS) is 25.7. The smallest absolute Gasteiger partial charge is 0.251 e. The van der Waals surface area contributed by atoms with Gasteiger partial charge in [0.15, 0.2) is 5.78 Å². The number of carbonyl (C=O) groups excluding carboxylic acids is 3. The van der Waals surface area contributed by atoms with Crippen LogP contribution in [-0.2, 0) is 14.3 Å². The predicted molar refractivity (Wildman–Crippen MR) is 137 cm³/mol. The van der Waals surface area contributed by atoms with Crippen molar-refractivity contribution in [3.63, 3.8) is 0 Å². The number of β-amino-alcohol motifs (C(OH)–C–C–N with tert-alkyl or cyclic N) is 1. The van der Waals surface area contributed by atoms with Crippen molar-refractivity contribution in [3.05, 3.63) is 29.8 Å². The molecule has 3 saturated heterocycles. The summed E-state index contributed by atoms with van der Waals surface area (Å²) in [6.45, 7) is 13.2. The first-order valence-corrected chi connectivity index (χ1v) is 13.1. The van der Waals surface area contributed by atoms with Gasteiger partial charge in [0.05, 0.1) is 6.54 Å². The number of likely N-dealkylation sites (tertiary alicyclic amines) is 1. The number of ketones is 1. The first-order valence-electron chi connectivity index (χ1n) is 13.1. The maximum atomic E-state index is 13.5. The molecule has 2 amide bonds. The molecule has 9 nitrogen and oxygen atoms in total. The fourth-order valence-corrected chi connectivity index (χ4v) is 5.48. The van der Waals surface area contributed by atoms with E-state index in [4.69, 9.17) is 4.74 Å². The molecule has 3 aliphatic heterocycles. The molecule has 0 radical (unpaired) electrons. The number of ether oxygens (including phenoxy) is 1. The minimum absolute atomic E-state index is 0.0244. The number of benzene rings is 1. The number of nitrogens with zero attached hydrogens (tertiary/aromatic N) is 3. The van der Waals surface area contributed by atoms with Gasteiger partial charge in [0.2, 0.25) is 5.91 Å². The summed E-state index contributed by atoms with van der Waals surface area (Å²) in [6.07, 6.45) is -0.0419. The zero-order valence-corrected chi connectivity index (χ0v) is 21.9. The third kappa shape index (κ3) is 5.90. The Labute approximate surface area is 213 Å². The second kappa shape index (κ2) is 10.9. The van der Waals surface area contributed by atoms with Gasteiger partial charge < -0.3 is 25.0 Å². The highest BCUT2D eigenvalue weighted by Gasteiger charge is 2.53. The SMILES string of the molecule is CCCN1CCN(c2ccc(C(=O)N[C@@H](CC(C)(C)C)C(=O)N3C[C@@H](O)[C@H]4OCC(=O)[C@H]43)cc2)CC1. The van der Waals surface area contributed by atoms with Gasteiger partial charge in [0, 0.05) is 37.4 Å². The fourth-order valence-electron chi connectivity index (χ4n) is 5.48. The number of aliphatic hydroxyl groups excluding tert-OH is 1. The van der Waals surface area contributed by atoms with Gasteiger partial charge in [-0.3, -0.25) is 19.3 Å². The lowest BCUT2D eigenvalue weighted by molar-refractivity contribution is -0.138. The molecule has 3 aliphatic rings. The lowest BCUT2D eigenvalue weighted by Gasteiger charge is -2.36. The van der Waals surface area contributed by atoms with Gasteiger partial charge in [-0.05, 0) is 49.1 Å². The summed E-state index contributed by atoms with van der Waals surface area (Å²) in [6, 6.07) is 5.91. The summed E-state index contributed by atoms with van der Waals surface area (Å²) in [7, 11) is 0. The Morgan fingerprint density at radius 1 is 1.14 bits per heavy atom. The van der Waals surface area contributed by atoms with Crippen LogP contribution in [0.2, 0.25) is 0 Å². The van der Waals surface area contributed by atoms with Crippen LogP contribution in [0.15, 0.2) is 24.3 Å². The number of fused-ring (bicyclic) bond motifs is 1. The molecular formula is C27H40N4O5. The Bertz CT molecular complexity index is 952. The highest BCUT2D eigenvalue weighted by molar-refractivity contribution is 5.99. The lowest BCUT2D eigenvalue weighted by Crippen LogP contribution is -2.53. The molecule has 0 aliphatic carbocycles. The molecule has 1 aromatic rings. The van der Waals surface area contributed by atoms with E-state index in [1.54, 1.807) is 12.1 Å². The Kier molecular flexibility index (Phi) is 8.02. The van der Waals surface area contributed by atoms with Crippen LogP contribution < -0.4 is 10.2 Å². The zero-order valence-electron chi connectivity index (χ0n) is 21.9. The maximum Gasteiger partial charge on any atom is 0.251 e. The van der Waals surface area contributed by atoms with Crippen molar-refractivity contribution < 1.29 is 24.2 Å². The standard InChI is InChI=1S/C27H40N4O5/c1-5-10-29-11-13-30(14-12-29)19-8-6-18(7-9-19)25(34)28-20(15-27(2,3)4)26(35)31-16-21(32)24-23(31)22(33)17-36-24/h6-9,20-21,23-24,32H,5,10-17H2,1-4H3,(H,28,34)/t20-,21+,23+,24+/m0/s1. The molecule has 36 heavy (non-hydrogen) atoms. The van der Waals surface area contributed by atoms with Gasteiger partial charge in [0.25, 0.3) is 5.91 Å². The third-order valence-corrected chi connectivity index (χ3v) is 7.27. The van der Waals surface area contributed by atoms with Crippen LogP contribution in [0, 0.1) is 5.41 Å². The molecule has 3 heterocycles. The third-order valence-electron chi connectivity index (χ3n) is 7.27. The van der Waals surface area contributed by atoms with E-state index in [1.165, 1.54) is 4.90 Å². The van der Waals surface area contributed by atoms with E-state index in [9.17, 15) is 19.5 Å². The Morgan fingerprint density at radius 2 is 1.81 bits per heavy atom. The largest absolute Gasteiger partial charge is 0.388 e. The van der Waals surface area contributed by atoms with E-state index in [0.717, 1.165) is 44.8 Å². The van der Waals surface area contributed by atoms with Gasteiger partial charge in [-0.1, -0.05) is 27.7 Å². The molecule has 4 atom stereocenters. The number of hydrogen-bond acceptors (Lipinski definition) is 7. The fraction of sp³-hybridized carbons (Fsp3) is 0.667. The first-order chi connectivity index (χ1) is 17.1. The van der Waals surface area contributed by atoms with E-state index >= 15 is 0 Å². The highest BCUT2D eigenvalue weighted by atomic mass is 16.5. The lowest BCUT2D eigenvalue weighted by atomic mass is 9.87. The minimum atomic E-state index is -0.909. The molecule has 1 aromatic carbocycles. The average Bonchev–Trinajstić information content (AvgIpc) is 3.38. The molecule has 0 saturated carbocycles. The van der Waals surface area contributed by atoms with Crippen LogP contribution in [0.5, 0.6) is 0 Å². The van der Waals surface area contributed by atoms with Crippen molar-refractivity contribution in [1.29, 1.82) is 0 Å². The summed E-state index contributed by atoms with van der Waals surface area (Å²) >= 11 is 0. The van der Waals surface area contributed by atoms with Crippen LogP contribution in [-0.4, -0.2) is 103 Å². The highest BCUT2D eigenvalue weighted by Crippen LogP contribution is 2.30. The van der Waals surface area contributed by atoms with Gasteiger partial charge in [-0.25, -0.2) is 0 Å². The Balaban J connectivity index is 1.43. The monoisotopic (exact) mass is 500 g/mol. The van der Waals surface area contributed by atoms with Crippen LogP contribution in [0.25, 0.3) is 0 Å². The van der Waals surface area contributed by atoms with Crippen LogP contribution in [0.1, 0.15) is 50.9 Å². The number of piperazine rings is 1. The molecule has 2 N–H and O–H groups in total. The number of amides is 2. The molecule has 9 heteroatoms. The van der Waals surface area contributed by atoms with Gasteiger partial charge >= 0.3 is 0 Å². The number of hydrogen-bond donors (Lipinski definition) is 2. The van der Waals surface area contributed by atoms with E-state index in [1.807, 2.05) is 32.9 Å². The van der Waals surface area contributed by atoms with E-state index in [0.29, 0.717) is 12.0 Å². The predicted octanol–water partition coefficient (Wildman–Crippen LogP) is 1.29. The molecule has 4 rings (SSSR count). The van der Waals surface area contributed by atoms with E-state index < -0.39 is 24.3 Å². The van der Waals surface area contributed by atoms with E-state index in [2.05, 4.69) is 22.0 Å². The van der Waals surface area contributed by atoms with Crippen molar-refractivity contribution in [2.24, 2.45) is 5.41 Å². The van der Waals surface area contributed by atoms with Crippen LogP contribution in [0.3, 0.4) is 0 Å². The number of rotatable bonds is 7. The van der Waals surface area contributed by atoms with Crippen LogP contribution >= 0.6 is 0 Å². The number of aliphatic hydroxyl groups is 1. The van der Waals surface area contributed by atoms with E-state index in [-0.39, 0.29) is 36.2 Å². The maximum absolute atomic E-state index is 13.5. The average molecular weight is 501 g/mol. The topological polar surface area (TPSA) is 102 Å². The minimum Gasteiger partial charge on any atom is -0.388 e. The van der Waals surface area contributed by atoms with Crippen molar-refractivity contribution >= 4 is 23.3 Å². The van der Waals surface area contributed by atoms with Crippen molar-refractivity contribution in [3.8, 4) is 0 Å². The molecule has 0 bridgehead atoms. The number of carbonyl (C=O) groups is 3. The van der Waals surface area contributed by atoms with Crippen molar-refractivity contribution in [2.75, 3.05) is 50.8 Å². The quantitative estimate of drug-likeness (QED) is 0.582. The molecule has 3 fully saturated rings. The first kappa shape index (κ1) is 26.6. The summed E-state index contributed by atoms with van der Waals surface area (Å²) in [5.41, 5.74) is 1.32. The van der Waals surface area contributed by atoms with Crippen LogP contribution in [0.4, 0.5) is 5.69 Å².